The maximum absolute atomic E-state index is 12.9. The number of carbonyl (C=O) groups excluding carboxylic acids is 1. The molecule has 4 aromatic carbocycles. The molecule has 0 bridgehead atoms. The minimum Gasteiger partial charge on any atom is -0.322 e. The summed E-state index contributed by atoms with van der Waals surface area (Å²) < 4.78 is 0. The average molecular weight is 437 g/mol. The summed E-state index contributed by atoms with van der Waals surface area (Å²) in [5.74, 6) is -0.417. The molecule has 0 aliphatic rings. The highest BCUT2D eigenvalue weighted by Gasteiger charge is 2.19. The summed E-state index contributed by atoms with van der Waals surface area (Å²) in [4.78, 5) is 25.2. The van der Waals surface area contributed by atoms with Gasteiger partial charge in [-0.05, 0) is 49.1 Å². The van der Waals surface area contributed by atoms with E-state index in [1.165, 1.54) is 12.1 Å². The van der Waals surface area contributed by atoms with E-state index in [0.29, 0.717) is 22.3 Å². The predicted molar refractivity (Wildman–Crippen MR) is 127 cm³/mol. The number of benzene rings is 4. The monoisotopic (exact) mass is 437 g/mol. The van der Waals surface area contributed by atoms with E-state index in [2.05, 4.69) is 15.5 Å². The number of amides is 1. The number of aryl methyl sites for hydroxylation is 1. The van der Waals surface area contributed by atoms with Gasteiger partial charge in [0.1, 0.15) is 11.0 Å². The Hall–Kier alpha value is -4.59. The van der Waals surface area contributed by atoms with Gasteiger partial charge in [-0.15, -0.1) is 15.0 Å². The van der Waals surface area contributed by atoms with Gasteiger partial charge in [0.05, 0.1) is 10.6 Å². The highest BCUT2D eigenvalue weighted by molar-refractivity contribution is 6.07. The highest BCUT2D eigenvalue weighted by atomic mass is 16.6. The van der Waals surface area contributed by atoms with Crippen molar-refractivity contribution in [3.8, 4) is 5.69 Å². The quantitative estimate of drug-likeness (QED) is 0.301. The van der Waals surface area contributed by atoms with E-state index < -0.39 is 10.8 Å². The van der Waals surface area contributed by atoms with Gasteiger partial charge in [0.2, 0.25) is 0 Å². The Bertz CT molecular complexity index is 1570. The van der Waals surface area contributed by atoms with Crippen molar-refractivity contribution in [3.05, 3.63) is 99.6 Å². The molecule has 1 heterocycles. The molecular weight excluding hydrogens is 418 g/mol. The van der Waals surface area contributed by atoms with Gasteiger partial charge >= 0.3 is 0 Å². The summed E-state index contributed by atoms with van der Waals surface area (Å²) in [7, 11) is 0. The molecule has 0 aliphatic heterocycles. The van der Waals surface area contributed by atoms with Gasteiger partial charge in [0, 0.05) is 28.3 Å². The summed E-state index contributed by atoms with van der Waals surface area (Å²) in [5.41, 5.74) is 4.05. The lowest BCUT2D eigenvalue weighted by atomic mass is 10.1. The zero-order valence-electron chi connectivity index (χ0n) is 17.9. The lowest BCUT2D eigenvalue weighted by molar-refractivity contribution is -0.385. The third kappa shape index (κ3) is 3.57. The molecule has 162 valence electrons. The first-order valence-electron chi connectivity index (χ1n) is 10.3. The number of anilines is 1. The van der Waals surface area contributed by atoms with Crippen molar-refractivity contribution in [2.75, 3.05) is 5.32 Å². The molecule has 0 spiro atoms. The molecule has 5 aromatic rings. The van der Waals surface area contributed by atoms with Crippen LogP contribution in [-0.2, 0) is 0 Å². The van der Waals surface area contributed by atoms with Crippen LogP contribution in [0.2, 0.25) is 0 Å². The molecule has 1 N–H and O–H groups in total. The Morgan fingerprint density at radius 2 is 1.64 bits per heavy atom. The molecular formula is C25H19N5O3. The molecule has 8 nitrogen and oxygen atoms in total. The summed E-state index contributed by atoms with van der Waals surface area (Å²) in [5, 5.41) is 25.5. The fraction of sp³-hybridized carbons (Fsp3) is 0.0800. The highest BCUT2D eigenvalue weighted by Crippen LogP contribution is 2.27. The summed E-state index contributed by atoms with van der Waals surface area (Å²) in [6, 6.07) is 22.1. The van der Waals surface area contributed by atoms with Gasteiger partial charge in [-0.25, -0.2) is 0 Å². The van der Waals surface area contributed by atoms with Gasteiger partial charge in [0.15, 0.2) is 0 Å². The Balaban J connectivity index is 1.52. The van der Waals surface area contributed by atoms with Crippen LogP contribution in [0, 0.1) is 24.0 Å². The first-order chi connectivity index (χ1) is 15.9. The number of hydrogen-bond donors (Lipinski definition) is 1. The van der Waals surface area contributed by atoms with Crippen LogP contribution in [0.15, 0.2) is 72.8 Å². The maximum atomic E-state index is 12.9. The standard InChI is InChI=1S/C25H19N5O3/c1-15-13-21-22(28-29(27-21)24-12-5-8-17-7-3-4-9-19(17)24)14-20(15)26-25(31)18-10-6-11-23(16(18)2)30(32)33/h3-14H,1-2H3,(H,26,31). The smallest absolute Gasteiger partial charge is 0.273 e. The number of hydrogen-bond acceptors (Lipinski definition) is 5. The van der Waals surface area contributed by atoms with Crippen LogP contribution in [0.4, 0.5) is 11.4 Å². The lowest BCUT2D eigenvalue weighted by Crippen LogP contribution is -2.14. The second-order valence-corrected chi connectivity index (χ2v) is 7.80. The molecule has 33 heavy (non-hydrogen) atoms. The van der Waals surface area contributed by atoms with Crippen LogP contribution in [0.5, 0.6) is 0 Å². The van der Waals surface area contributed by atoms with Crippen molar-refractivity contribution in [2.24, 2.45) is 0 Å². The zero-order chi connectivity index (χ0) is 23.1. The van der Waals surface area contributed by atoms with Crippen molar-refractivity contribution >= 4 is 39.1 Å². The molecule has 0 unspecified atom stereocenters. The van der Waals surface area contributed by atoms with Crippen LogP contribution in [-0.4, -0.2) is 25.8 Å². The lowest BCUT2D eigenvalue weighted by Gasteiger charge is -2.10. The number of nitrogens with zero attached hydrogens (tertiary/aromatic N) is 4. The number of fused-ring (bicyclic) bond motifs is 2. The normalized spacial score (nSPS) is 11.1. The minimum absolute atomic E-state index is 0.0899. The molecule has 0 saturated heterocycles. The summed E-state index contributed by atoms with van der Waals surface area (Å²) in [6.07, 6.45) is 0. The molecule has 8 heteroatoms. The van der Waals surface area contributed by atoms with E-state index in [1.807, 2.05) is 55.5 Å². The van der Waals surface area contributed by atoms with E-state index >= 15 is 0 Å². The third-order valence-electron chi connectivity index (χ3n) is 5.70. The topological polar surface area (TPSA) is 103 Å². The molecule has 0 aliphatic carbocycles. The fourth-order valence-electron chi connectivity index (χ4n) is 3.95. The SMILES string of the molecule is Cc1cc2nn(-c3cccc4ccccc34)nc2cc1NC(=O)c1cccc([N+](=O)[O-])c1C. The van der Waals surface area contributed by atoms with E-state index in [9.17, 15) is 14.9 Å². The molecule has 5 rings (SSSR count). The number of carbonyl (C=O) groups is 1. The first kappa shape index (κ1) is 20.3. The van der Waals surface area contributed by atoms with Gasteiger partial charge in [-0.1, -0.05) is 42.5 Å². The van der Waals surface area contributed by atoms with E-state index in [4.69, 9.17) is 0 Å². The number of nitrogens with one attached hydrogen (secondary N) is 1. The largest absolute Gasteiger partial charge is 0.322 e. The van der Waals surface area contributed by atoms with E-state index in [-0.39, 0.29) is 11.3 Å². The van der Waals surface area contributed by atoms with Crippen LogP contribution in [0.3, 0.4) is 0 Å². The van der Waals surface area contributed by atoms with Crippen LogP contribution in [0.1, 0.15) is 21.5 Å². The third-order valence-corrected chi connectivity index (χ3v) is 5.70. The van der Waals surface area contributed by atoms with Crippen LogP contribution in [0.25, 0.3) is 27.5 Å². The van der Waals surface area contributed by atoms with Crippen molar-refractivity contribution in [1.29, 1.82) is 0 Å². The summed E-state index contributed by atoms with van der Waals surface area (Å²) >= 11 is 0. The van der Waals surface area contributed by atoms with E-state index in [0.717, 1.165) is 22.0 Å². The summed E-state index contributed by atoms with van der Waals surface area (Å²) in [6.45, 7) is 3.44. The van der Waals surface area contributed by atoms with E-state index in [1.54, 1.807) is 23.9 Å². The second-order valence-electron chi connectivity index (χ2n) is 7.80. The van der Waals surface area contributed by atoms with Crippen molar-refractivity contribution in [2.45, 2.75) is 13.8 Å². The molecule has 1 amide bonds. The van der Waals surface area contributed by atoms with Crippen LogP contribution < -0.4 is 5.32 Å². The second kappa shape index (κ2) is 7.83. The first-order valence-corrected chi connectivity index (χ1v) is 10.3. The van der Waals surface area contributed by atoms with Crippen molar-refractivity contribution in [3.63, 3.8) is 0 Å². The Morgan fingerprint density at radius 1 is 0.939 bits per heavy atom. The van der Waals surface area contributed by atoms with Gasteiger partial charge in [0.25, 0.3) is 11.6 Å². The fourth-order valence-corrected chi connectivity index (χ4v) is 3.95. The average Bonchev–Trinajstić information content (AvgIpc) is 3.21. The van der Waals surface area contributed by atoms with Gasteiger partial charge in [-0.3, -0.25) is 14.9 Å². The number of aromatic nitrogens is 3. The van der Waals surface area contributed by atoms with Crippen molar-refractivity contribution < 1.29 is 9.72 Å². The predicted octanol–water partition coefficient (Wildman–Crippen LogP) is 5.35. The zero-order valence-corrected chi connectivity index (χ0v) is 17.9. The molecule has 0 fully saturated rings. The minimum atomic E-state index is -0.491. The molecule has 0 saturated carbocycles. The van der Waals surface area contributed by atoms with Gasteiger partial charge < -0.3 is 5.32 Å². The number of rotatable bonds is 4. The number of nitro groups is 1. The Kier molecular flexibility index (Phi) is 4.82. The molecule has 0 atom stereocenters. The number of nitro benzene ring substituents is 1. The van der Waals surface area contributed by atoms with Crippen LogP contribution >= 0.6 is 0 Å². The van der Waals surface area contributed by atoms with Gasteiger partial charge in [-0.2, -0.15) is 0 Å². The Morgan fingerprint density at radius 3 is 2.42 bits per heavy atom. The molecule has 0 radical (unpaired) electrons. The molecule has 1 aromatic heterocycles. The Labute approximate surface area is 188 Å². The van der Waals surface area contributed by atoms with Crippen molar-refractivity contribution in [1.82, 2.24) is 15.0 Å². The maximum Gasteiger partial charge on any atom is 0.273 e.